The molecule has 2 aromatic rings. The molecule has 11 heteroatoms. The molecule has 6 heterocycles. The van der Waals surface area contributed by atoms with E-state index >= 15 is 4.39 Å². The monoisotopic (exact) mass is 547 g/mol. The number of hydrogen-bond donors (Lipinski definition) is 1. The Morgan fingerprint density at radius 1 is 1.21 bits per heavy atom. The maximum Gasteiger partial charge on any atom is 0.393 e. The van der Waals surface area contributed by atoms with Gasteiger partial charge in [0.2, 0.25) is 5.91 Å². The van der Waals surface area contributed by atoms with E-state index < -0.39 is 24.8 Å². The summed E-state index contributed by atoms with van der Waals surface area (Å²) in [6, 6.07) is 3.28. The number of alkyl halides is 4. The lowest BCUT2D eigenvalue weighted by Gasteiger charge is -2.62. The fraction of sp³-hybridized carbons (Fsp3) is 0.667. The van der Waals surface area contributed by atoms with Crippen LogP contribution in [0.25, 0.3) is 10.2 Å². The van der Waals surface area contributed by atoms with Gasteiger partial charge in [0.25, 0.3) is 0 Å². The van der Waals surface area contributed by atoms with E-state index in [9.17, 15) is 23.2 Å². The molecule has 4 saturated heterocycles. The zero-order valence-electron chi connectivity index (χ0n) is 20.8. The van der Waals surface area contributed by atoms with Crippen molar-refractivity contribution in [3.05, 3.63) is 22.7 Å². The minimum Gasteiger partial charge on any atom is -0.368 e. The molecule has 5 atom stereocenters. The first-order chi connectivity index (χ1) is 18.1. The van der Waals surface area contributed by atoms with Crippen LogP contribution in [0.3, 0.4) is 0 Å². The first-order valence-electron chi connectivity index (χ1n) is 13.5. The lowest BCUT2D eigenvalue weighted by Crippen LogP contribution is -2.76. The second-order valence-electron chi connectivity index (χ2n) is 12.2. The third kappa shape index (κ3) is 4.06. The number of thiophene rings is 1. The van der Waals surface area contributed by atoms with E-state index in [1.807, 2.05) is 9.80 Å². The summed E-state index contributed by atoms with van der Waals surface area (Å²) in [6.07, 6.45) is 0.244. The topological polar surface area (TPSA) is 72.3 Å². The first-order valence-corrected chi connectivity index (χ1v) is 14.3. The summed E-state index contributed by atoms with van der Waals surface area (Å²) in [5.74, 6) is 0.445. The minimum absolute atomic E-state index is 0.00469. The summed E-state index contributed by atoms with van der Waals surface area (Å²) in [7, 11) is 0. The number of carbonyl (C=O) groups is 1. The quantitative estimate of drug-likeness (QED) is 0.561. The van der Waals surface area contributed by atoms with E-state index in [-0.39, 0.29) is 34.1 Å². The van der Waals surface area contributed by atoms with Crippen LogP contribution >= 0.6 is 11.3 Å². The Hall–Kier alpha value is -2.45. The number of rotatable bonds is 5. The number of likely N-dealkylation sites (tertiary alicyclic amines) is 1. The number of hydrogen-bond acceptors (Lipinski definition) is 6. The number of amides is 1. The van der Waals surface area contributed by atoms with Crippen molar-refractivity contribution in [2.45, 2.75) is 63.0 Å². The van der Waals surface area contributed by atoms with Gasteiger partial charge >= 0.3 is 6.18 Å². The molecule has 0 radical (unpaired) electrons. The van der Waals surface area contributed by atoms with Gasteiger partial charge in [0.1, 0.15) is 17.1 Å². The van der Waals surface area contributed by atoms with Crippen molar-refractivity contribution in [2.24, 2.45) is 23.2 Å². The van der Waals surface area contributed by atoms with E-state index in [1.165, 1.54) is 25.1 Å². The molecule has 8 rings (SSSR count). The van der Waals surface area contributed by atoms with Gasteiger partial charge in [0.15, 0.2) is 0 Å². The van der Waals surface area contributed by atoms with Crippen LogP contribution < -0.4 is 10.2 Å². The molecule has 1 spiro atoms. The molecule has 6 aliphatic rings. The summed E-state index contributed by atoms with van der Waals surface area (Å²) in [6.45, 7) is 2.40. The van der Waals surface area contributed by atoms with Crippen LogP contribution in [0.2, 0.25) is 0 Å². The largest absolute Gasteiger partial charge is 0.393 e. The summed E-state index contributed by atoms with van der Waals surface area (Å²) in [5.41, 5.74) is 0.874. The number of nitrogens with one attached hydrogen (secondary N) is 1. The maximum absolute atomic E-state index is 15.4. The Morgan fingerprint density at radius 2 is 1.97 bits per heavy atom. The standard InChI is InChI=1S/C27H29F4N5OS/c28-21-17-3-4-20(18(21)5-14-1-2-14)34-22(17)25(37)36-12-26(13-36)10-35(11-26)23-15(8-32)9-33-24-19(23)6-16(38-24)7-27(29,30)31/h6,9,14,17-18,20-22,34H,1-5,7,10-13H2/t17-,18-,20+,21+,22+/m1/s1. The van der Waals surface area contributed by atoms with Gasteiger partial charge in [-0.2, -0.15) is 18.4 Å². The molecule has 0 unspecified atom stereocenters. The summed E-state index contributed by atoms with van der Waals surface area (Å²) >= 11 is 1.00. The fourth-order valence-electron chi connectivity index (χ4n) is 7.45. The van der Waals surface area contributed by atoms with Gasteiger partial charge in [-0.15, -0.1) is 11.3 Å². The average Bonchev–Trinajstić information content (AvgIpc) is 3.55. The first kappa shape index (κ1) is 24.6. The zero-order chi connectivity index (χ0) is 26.4. The number of aromatic nitrogens is 1. The normalized spacial score (nSPS) is 31.8. The molecule has 6 nitrogen and oxygen atoms in total. The van der Waals surface area contributed by atoms with Crippen molar-refractivity contribution in [3.8, 4) is 6.07 Å². The van der Waals surface area contributed by atoms with Gasteiger partial charge in [0.05, 0.1) is 23.7 Å². The third-order valence-corrected chi connectivity index (χ3v) is 10.4. The molecule has 1 amide bonds. The lowest BCUT2D eigenvalue weighted by atomic mass is 9.66. The van der Waals surface area contributed by atoms with Crippen molar-refractivity contribution in [2.75, 3.05) is 31.1 Å². The van der Waals surface area contributed by atoms with Gasteiger partial charge in [-0.1, -0.05) is 12.8 Å². The highest BCUT2D eigenvalue weighted by Gasteiger charge is 2.58. The Balaban J connectivity index is 1.02. The number of fused-ring (bicyclic) bond motifs is 4. The smallest absolute Gasteiger partial charge is 0.368 e. The zero-order valence-corrected chi connectivity index (χ0v) is 21.6. The van der Waals surface area contributed by atoms with Crippen molar-refractivity contribution in [1.29, 1.82) is 5.26 Å². The molecule has 1 N–H and O–H groups in total. The second-order valence-corrected chi connectivity index (χ2v) is 13.3. The van der Waals surface area contributed by atoms with Crippen LogP contribution in [0.1, 0.15) is 42.5 Å². The molecule has 2 saturated carbocycles. The summed E-state index contributed by atoms with van der Waals surface area (Å²) in [4.78, 5) is 22.1. The Labute approximate surface area is 222 Å². The van der Waals surface area contributed by atoms with Crippen LogP contribution in [-0.2, 0) is 11.2 Å². The molecule has 38 heavy (non-hydrogen) atoms. The van der Waals surface area contributed by atoms with Crippen molar-refractivity contribution in [1.82, 2.24) is 15.2 Å². The number of anilines is 1. The van der Waals surface area contributed by atoms with E-state index in [2.05, 4.69) is 16.4 Å². The molecule has 0 aromatic carbocycles. The molecule has 2 aliphatic carbocycles. The highest BCUT2D eigenvalue weighted by Crippen LogP contribution is 2.49. The maximum atomic E-state index is 15.4. The van der Waals surface area contributed by atoms with Crippen LogP contribution in [0.4, 0.5) is 23.2 Å². The van der Waals surface area contributed by atoms with Gasteiger partial charge < -0.3 is 15.1 Å². The highest BCUT2D eigenvalue weighted by molar-refractivity contribution is 7.18. The molecule has 2 bridgehead atoms. The number of nitrogens with zero attached hydrogens (tertiary/aromatic N) is 4. The van der Waals surface area contributed by atoms with E-state index in [0.29, 0.717) is 53.6 Å². The van der Waals surface area contributed by atoms with Crippen LogP contribution in [-0.4, -0.2) is 66.4 Å². The van der Waals surface area contributed by atoms with Crippen LogP contribution in [0.15, 0.2) is 12.3 Å². The fourth-order valence-corrected chi connectivity index (χ4v) is 8.49. The van der Waals surface area contributed by atoms with Crippen molar-refractivity contribution < 1.29 is 22.4 Å². The van der Waals surface area contributed by atoms with Gasteiger partial charge in [-0.05, 0) is 31.2 Å². The summed E-state index contributed by atoms with van der Waals surface area (Å²) < 4.78 is 54.2. The molecular weight excluding hydrogens is 518 g/mol. The number of piperidine rings is 2. The van der Waals surface area contributed by atoms with E-state index in [4.69, 9.17) is 0 Å². The molecular formula is C27H29F4N5OS. The van der Waals surface area contributed by atoms with Gasteiger partial charge in [-0.25, -0.2) is 9.37 Å². The van der Waals surface area contributed by atoms with Gasteiger partial charge in [0, 0.05) is 65.9 Å². The predicted octanol–water partition coefficient (Wildman–Crippen LogP) is 4.43. The van der Waals surface area contributed by atoms with Crippen molar-refractivity contribution >= 4 is 33.1 Å². The Bertz CT molecular complexity index is 1320. The van der Waals surface area contributed by atoms with E-state index in [0.717, 1.165) is 30.6 Å². The van der Waals surface area contributed by atoms with E-state index in [1.54, 1.807) is 0 Å². The molecule has 4 aliphatic heterocycles. The highest BCUT2D eigenvalue weighted by atomic mass is 32.1. The Kier molecular flexibility index (Phi) is 5.51. The summed E-state index contributed by atoms with van der Waals surface area (Å²) in [5, 5.41) is 13.7. The predicted molar refractivity (Wildman–Crippen MR) is 134 cm³/mol. The minimum atomic E-state index is -4.31. The van der Waals surface area contributed by atoms with Crippen LogP contribution in [0.5, 0.6) is 0 Å². The second kappa shape index (κ2) is 8.52. The molecule has 202 valence electrons. The lowest BCUT2D eigenvalue weighted by molar-refractivity contribution is -0.155. The van der Waals surface area contributed by atoms with Crippen molar-refractivity contribution in [3.63, 3.8) is 0 Å². The Morgan fingerprint density at radius 3 is 2.63 bits per heavy atom. The molecule has 6 fully saturated rings. The average molecular weight is 548 g/mol. The number of nitriles is 1. The van der Waals surface area contributed by atoms with Gasteiger partial charge in [-0.3, -0.25) is 4.79 Å². The number of pyridine rings is 1. The number of halogens is 4. The SMILES string of the molecule is N#Cc1cnc2sc(CC(F)(F)F)cc2c1N1CC2(CN(C(=O)[C@H]3N[C@H]4CC[C@@H]3[C@H](F)[C@@H]4CC3CC3)C2)C1. The van der Waals surface area contributed by atoms with Crippen LogP contribution in [0, 0.1) is 34.5 Å². The number of carbonyl (C=O) groups excluding carboxylic acids is 1. The third-order valence-electron chi connectivity index (χ3n) is 9.35. The molecule has 2 aromatic heterocycles.